The molecule has 0 aromatic heterocycles. The summed E-state index contributed by atoms with van der Waals surface area (Å²) in [5, 5.41) is 21.6. The molecule has 25 heavy (non-hydrogen) atoms. The standard InChI is InChI=1S/C22H36O3/c1-13-11-19-17-6-5-15-12-16(24)7-9-20(15,3)18(17)8-10-21(19,4)22(13,25)14(2)23/h13,15-19,24-25H,5-12H2,1-4H3/t13-,15-,16+,17+,18+,19-,20-,21-,22-/m0/s1. The minimum atomic E-state index is -1.14. The first-order valence-electron chi connectivity index (χ1n) is 10.6. The molecule has 3 nitrogen and oxygen atoms in total. The number of rotatable bonds is 1. The van der Waals surface area contributed by atoms with E-state index in [1.54, 1.807) is 6.92 Å². The molecule has 0 radical (unpaired) electrons. The van der Waals surface area contributed by atoms with Gasteiger partial charge < -0.3 is 10.2 Å². The number of aliphatic hydroxyl groups is 2. The molecule has 4 aliphatic carbocycles. The van der Waals surface area contributed by atoms with E-state index in [0.717, 1.165) is 38.5 Å². The number of ketones is 1. The van der Waals surface area contributed by atoms with Crippen molar-refractivity contribution in [3.8, 4) is 0 Å². The lowest BCUT2D eigenvalue weighted by molar-refractivity contribution is -0.175. The minimum Gasteiger partial charge on any atom is -0.393 e. The van der Waals surface area contributed by atoms with Crippen LogP contribution in [0.1, 0.15) is 79.1 Å². The Bertz CT molecular complexity index is 574. The van der Waals surface area contributed by atoms with Gasteiger partial charge in [-0.15, -0.1) is 0 Å². The lowest BCUT2D eigenvalue weighted by Crippen LogP contribution is -2.59. The third-order valence-electron chi connectivity index (χ3n) is 9.76. The molecule has 4 aliphatic rings. The Kier molecular flexibility index (Phi) is 3.99. The van der Waals surface area contributed by atoms with Crippen LogP contribution in [0, 0.1) is 40.4 Å². The van der Waals surface area contributed by atoms with Crippen molar-refractivity contribution < 1.29 is 15.0 Å². The van der Waals surface area contributed by atoms with Gasteiger partial charge in [-0.2, -0.15) is 0 Å². The van der Waals surface area contributed by atoms with Crippen LogP contribution < -0.4 is 0 Å². The summed E-state index contributed by atoms with van der Waals surface area (Å²) in [4.78, 5) is 12.4. The van der Waals surface area contributed by atoms with Gasteiger partial charge in [0.1, 0.15) is 5.60 Å². The van der Waals surface area contributed by atoms with Crippen molar-refractivity contribution in [1.82, 2.24) is 0 Å². The summed E-state index contributed by atoms with van der Waals surface area (Å²) >= 11 is 0. The van der Waals surface area contributed by atoms with Gasteiger partial charge in [0, 0.05) is 5.41 Å². The highest BCUT2D eigenvalue weighted by Gasteiger charge is 2.68. The molecule has 0 amide bonds. The van der Waals surface area contributed by atoms with Crippen molar-refractivity contribution in [3.63, 3.8) is 0 Å². The molecule has 9 atom stereocenters. The van der Waals surface area contributed by atoms with E-state index in [1.807, 2.05) is 0 Å². The molecule has 0 bridgehead atoms. The van der Waals surface area contributed by atoms with Crippen molar-refractivity contribution in [2.24, 2.45) is 40.4 Å². The summed E-state index contributed by atoms with van der Waals surface area (Å²) in [5.41, 5.74) is -1.04. The topological polar surface area (TPSA) is 57.5 Å². The smallest absolute Gasteiger partial charge is 0.162 e. The molecule has 0 heterocycles. The largest absolute Gasteiger partial charge is 0.393 e. The Morgan fingerprint density at radius 3 is 2.40 bits per heavy atom. The van der Waals surface area contributed by atoms with E-state index in [4.69, 9.17) is 0 Å². The highest BCUT2D eigenvalue weighted by Crippen LogP contribution is 2.69. The van der Waals surface area contributed by atoms with Crippen LogP contribution in [-0.2, 0) is 4.79 Å². The molecule has 0 aromatic carbocycles. The molecule has 0 aromatic rings. The van der Waals surface area contributed by atoms with E-state index in [2.05, 4.69) is 20.8 Å². The quantitative estimate of drug-likeness (QED) is 0.754. The van der Waals surface area contributed by atoms with Crippen molar-refractivity contribution in [1.29, 1.82) is 0 Å². The molecule has 0 aliphatic heterocycles. The van der Waals surface area contributed by atoms with E-state index >= 15 is 0 Å². The zero-order valence-corrected chi connectivity index (χ0v) is 16.4. The first kappa shape index (κ1) is 18.0. The van der Waals surface area contributed by atoms with Crippen molar-refractivity contribution in [3.05, 3.63) is 0 Å². The zero-order chi connectivity index (χ0) is 18.2. The molecule has 0 saturated heterocycles. The summed E-state index contributed by atoms with van der Waals surface area (Å²) in [6.07, 6.45) is 8.53. The number of carbonyl (C=O) groups excluding carboxylic acids is 1. The van der Waals surface area contributed by atoms with Crippen LogP contribution in [0.2, 0.25) is 0 Å². The van der Waals surface area contributed by atoms with Gasteiger partial charge in [0.05, 0.1) is 6.10 Å². The maximum Gasteiger partial charge on any atom is 0.162 e. The van der Waals surface area contributed by atoms with E-state index in [9.17, 15) is 15.0 Å². The second kappa shape index (κ2) is 5.55. The number of aliphatic hydroxyl groups excluding tert-OH is 1. The van der Waals surface area contributed by atoms with Crippen LogP contribution in [0.4, 0.5) is 0 Å². The maximum atomic E-state index is 12.4. The zero-order valence-electron chi connectivity index (χ0n) is 16.4. The van der Waals surface area contributed by atoms with Gasteiger partial charge in [-0.1, -0.05) is 20.8 Å². The number of Topliss-reactive ketones (excluding diaryl/α,β-unsaturated/α-hetero) is 1. The minimum absolute atomic E-state index is 0.0239. The van der Waals surface area contributed by atoms with Crippen LogP contribution >= 0.6 is 0 Å². The fourth-order valence-electron chi connectivity index (χ4n) is 8.33. The van der Waals surface area contributed by atoms with E-state index < -0.39 is 5.60 Å². The Balaban J connectivity index is 1.67. The molecule has 3 heteroatoms. The fourth-order valence-corrected chi connectivity index (χ4v) is 8.33. The average Bonchev–Trinajstić information content (AvgIpc) is 2.77. The van der Waals surface area contributed by atoms with Gasteiger partial charge >= 0.3 is 0 Å². The molecule has 142 valence electrons. The van der Waals surface area contributed by atoms with Crippen molar-refractivity contribution in [2.45, 2.75) is 90.8 Å². The summed E-state index contributed by atoms with van der Waals surface area (Å²) in [7, 11) is 0. The number of carbonyl (C=O) groups is 1. The normalized spacial score (nSPS) is 58.2. The van der Waals surface area contributed by atoms with Crippen molar-refractivity contribution in [2.75, 3.05) is 0 Å². The third kappa shape index (κ3) is 2.15. The van der Waals surface area contributed by atoms with Crippen LogP contribution in [-0.4, -0.2) is 27.7 Å². The van der Waals surface area contributed by atoms with E-state index in [1.165, 1.54) is 12.8 Å². The molecule has 2 N–H and O–H groups in total. The first-order chi connectivity index (χ1) is 11.6. The van der Waals surface area contributed by atoms with Crippen molar-refractivity contribution >= 4 is 5.78 Å². The van der Waals surface area contributed by atoms with Crippen LogP contribution in [0.25, 0.3) is 0 Å². The summed E-state index contributed by atoms with van der Waals surface area (Å²) in [6.45, 7) is 8.37. The van der Waals surface area contributed by atoms with Gasteiger partial charge in [-0.3, -0.25) is 4.79 Å². The van der Waals surface area contributed by atoms with Crippen LogP contribution in [0.5, 0.6) is 0 Å². The summed E-state index contributed by atoms with van der Waals surface area (Å²) in [6, 6.07) is 0. The van der Waals surface area contributed by atoms with E-state index in [0.29, 0.717) is 29.1 Å². The van der Waals surface area contributed by atoms with Gasteiger partial charge in [-0.25, -0.2) is 0 Å². The third-order valence-corrected chi connectivity index (χ3v) is 9.76. The SMILES string of the molecule is CC(=O)[C@@]1(O)[C@@H](C)C[C@H]2[C@@H]3CC[C@H]4C[C@H](O)CC[C@]4(C)[C@@H]3CC[C@@]21C. The molecule has 4 saturated carbocycles. The number of hydrogen-bond acceptors (Lipinski definition) is 3. The molecule has 4 rings (SSSR count). The lowest BCUT2D eigenvalue weighted by atomic mass is 9.44. The molecule has 4 fully saturated rings. The average molecular weight is 349 g/mol. The monoisotopic (exact) mass is 348 g/mol. The van der Waals surface area contributed by atoms with Gasteiger partial charge in [-0.05, 0) is 93.3 Å². The van der Waals surface area contributed by atoms with Crippen LogP contribution in [0.3, 0.4) is 0 Å². The summed E-state index contributed by atoms with van der Waals surface area (Å²) in [5.74, 6) is 2.53. The predicted molar refractivity (Wildman–Crippen MR) is 97.9 cm³/mol. The molecular formula is C22H36O3. The lowest BCUT2D eigenvalue weighted by Gasteiger charge is -2.61. The fraction of sp³-hybridized carbons (Fsp3) is 0.955. The molecule has 0 spiro atoms. The Hall–Kier alpha value is -0.410. The highest BCUT2D eigenvalue weighted by molar-refractivity contribution is 5.86. The summed E-state index contributed by atoms with van der Waals surface area (Å²) < 4.78 is 0. The van der Waals surface area contributed by atoms with Gasteiger partial charge in [0.15, 0.2) is 5.78 Å². The molecule has 0 unspecified atom stereocenters. The Morgan fingerprint density at radius 1 is 1.00 bits per heavy atom. The predicted octanol–water partition coefficient (Wildman–Crippen LogP) is 3.96. The highest BCUT2D eigenvalue weighted by atomic mass is 16.3. The van der Waals surface area contributed by atoms with E-state index in [-0.39, 0.29) is 23.2 Å². The Labute approximate surface area is 152 Å². The molecular weight excluding hydrogens is 312 g/mol. The number of fused-ring (bicyclic) bond motifs is 5. The first-order valence-corrected chi connectivity index (χ1v) is 10.6. The number of hydrogen-bond donors (Lipinski definition) is 2. The van der Waals surface area contributed by atoms with Crippen LogP contribution in [0.15, 0.2) is 0 Å². The van der Waals surface area contributed by atoms with Gasteiger partial charge in [0.25, 0.3) is 0 Å². The Morgan fingerprint density at radius 2 is 1.72 bits per heavy atom. The maximum absolute atomic E-state index is 12.4. The second-order valence-corrected chi connectivity index (χ2v) is 10.5. The van der Waals surface area contributed by atoms with Gasteiger partial charge in [0.2, 0.25) is 0 Å². The second-order valence-electron chi connectivity index (χ2n) is 10.5.